The number of carbonyl (C=O) groups is 1. The van der Waals surface area contributed by atoms with E-state index in [9.17, 15) is 4.79 Å². The summed E-state index contributed by atoms with van der Waals surface area (Å²) in [4.78, 5) is 12.4. The minimum absolute atomic E-state index is 0.120. The summed E-state index contributed by atoms with van der Waals surface area (Å²) in [5.74, 6) is 0.349. The number of rotatable bonds is 4. The molecule has 1 aliphatic carbocycles. The van der Waals surface area contributed by atoms with Crippen LogP contribution in [0.4, 0.5) is 5.69 Å². The first-order valence-electron chi connectivity index (χ1n) is 8.36. The number of nitrogen functional groups attached to an aromatic ring is 1. The van der Waals surface area contributed by atoms with Crippen LogP contribution in [0.2, 0.25) is 0 Å². The summed E-state index contributed by atoms with van der Waals surface area (Å²) in [5, 5.41) is 3.22. The van der Waals surface area contributed by atoms with E-state index in [0.717, 1.165) is 24.9 Å². The van der Waals surface area contributed by atoms with Gasteiger partial charge < -0.3 is 11.1 Å². The van der Waals surface area contributed by atoms with Gasteiger partial charge in [-0.1, -0.05) is 43.3 Å². The average molecular weight is 308 g/mol. The topological polar surface area (TPSA) is 55.1 Å². The number of nitrogens with two attached hydrogens (primary N) is 1. The lowest BCUT2D eigenvalue weighted by atomic mass is 9.87. The van der Waals surface area contributed by atoms with E-state index < -0.39 is 0 Å². The van der Waals surface area contributed by atoms with E-state index in [-0.39, 0.29) is 17.9 Å². The fraction of sp³-hybridized carbons (Fsp3) is 0.350. The van der Waals surface area contributed by atoms with Crippen LogP contribution in [0.3, 0.4) is 0 Å². The van der Waals surface area contributed by atoms with E-state index >= 15 is 0 Å². The highest BCUT2D eigenvalue weighted by molar-refractivity contribution is 5.77. The van der Waals surface area contributed by atoms with Crippen LogP contribution in [0.1, 0.15) is 54.8 Å². The van der Waals surface area contributed by atoms with Gasteiger partial charge in [0.05, 0.1) is 6.04 Å². The minimum atomic E-state index is 0.120. The maximum atomic E-state index is 12.4. The third-order valence-electron chi connectivity index (χ3n) is 4.68. The first-order chi connectivity index (χ1) is 11.1. The Morgan fingerprint density at radius 2 is 2.04 bits per heavy atom. The first-order valence-corrected chi connectivity index (χ1v) is 8.36. The Morgan fingerprint density at radius 1 is 1.26 bits per heavy atom. The van der Waals surface area contributed by atoms with Crippen LogP contribution in [-0.4, -0.2) is 5.91 Å². The molecule has 0 aromatic heterocycles. The fourth-order valence-corrected chi connectivity index (χ4v) is 3.41. The van der Waals surface area contributed by atoms with E-state index in [0.29, 0.717) is 6.42 Å². The highest BCUT2D eigenvalue weighted by atomic mass is 16.1. The van der Waals surface area contributed by atoms with Gasteiger partial charge in [-0.3, -0.25) is 4.79 Å². The second-order valence-corrected chi connectivity index (χ2v) is 6.49. The van der Waals surface area contributed by atoms with Gasteiger partial charge in [0.15, 0.2) is 0 Å². The Balaban J connectivity index is 1.65. The van der Waals surface area contributed by atoms with Crippen molar-refractivity contribution >= 4 is 11.6 Å². The summed E-state index contributed by atoms with van der Waals surface area (Å²) in [6, 6.07) is 16.4. The SMILES string of the molecule is CC(CC(=O)NC1CCCc2cc(N)ccc21)c1ccccc1. The Kier molecular flexibility index (Phi) is 4.65. The standard InChI is InChI=1S/C20H24N2O/c1-14(15-6-3-2-4-7-15)12-20(23)22-19-9-5-8-16-13-17(21)10-11-18(16)19/h2-4,6-7,10-11,13-14,19H,5,8-9,12,21H2,1H3,(H,22,23). The number of fused-ring (bicyclic) bond motifs is 1. The number of nitrogens with one attached hydrogen (secondary N) is 1. The van der Waals surface area contributed by atoms with Crippen molar-refractivity contribution in [3.8, 4) is 0 Å². The van der Waals surface area contributed by atoms with Gasteiger partial charge in [-0.2, -0.15) is 0 Å². The molecule has 0 saturated heterocycles. The van der Waals surface area contributed by atoms with Crippen molar-refractivity contribution in [3.05, 3.63) is 65.2 Å². The molecule has 2 unspecified atom stereocenters. The highest BCUT2D eigenvalue weighted by Gasteiger charge is 2.22. The molecule has 0 heterocycles. The van der Waals surface area contributed by atoms with E-state index in [2.05, 4.69) is 30.4 Å². The lowest BCUT2D eigenvalue weighted by Crippen LogP contribution is -2.31. The Hall–Kier alpha value is -2.29. The van der Waals surface area contributed by atoms with Crippen molar-refractivity contribution < 1.29 is 4.79 Å². The van der Waals surface area contributed by atoms with Crippen LogP contribution in [0, 0.1) is 0 Å². The van der Waals surface area contributed by atoms with Crippen molar-refractivity contribution in [3.63, 3.8) is 0 Å². The lowest BCUT2D eigenvalue weighted by molar-refractivity contribution is -0.122. The van der Waals surface area contributed by atoms with Gasteiger partial charge in [-0.25, -0.2) is 0 Å². The van der Waals surface area contributed by atoms with Crippen LogP contribution < -0.4 is 11.1 Å². The molecule has 0 bridgehead atoms. The van der Waals surface area contributed by atoms with Gasteiger partial charge >= 0.3 is 0 Å². The molecule has 2 atom stereocenters. The molecule has 2 aromatic rings. The predicted molar refractivity (Wildman–Crippen MR) is 94.2 cm³/mol. The largest absolute Gasteiger partial charge is 0.399 e. The number of amides is 1. The quantitative estimate of drug-likeness (QED) is 0.840. The maximum absolute atomic E-state index is 12.4. The zero-order valence-corrected chi connectivity index (χ0v) is 13.6. The first kappa shape index (κ1) is 15.6. The van der Waals surface area contributed by atoms with Crippen molar-refractivity contribution in [1.82, 2.24) is 5.32 Å². The molecule has 23 heavy (non-hydrogen) atoms. The van der Waals surface area contributed by atoms with Crippen LogP contribution in [0.15, 0.2) is 48.5 Å². The molecule has 0 saturated carbocycles. The average Bonchev–Trinajstić information content (AvgIpc) is 2.55. The van der Waals surface area contributed by atoms with Gasteiger partial charge in [0, 0.05) is 12.1 Å². The van der Waals surface area contributed by atoms with E-state index in [1.54, 1.807) is 0 Å². The van der Waals surface area contributed by atoms with Crippen molar-refractivity contribution in [1.29, 1.82) is 0 Å². The summed E-state index contributed by atoms with van der Waals surface area (Å²) in [6.07, 6.45) is 3.66. The number of anilines is 1. The zero-order valence-electron chi connectivity index (χ0n) is 13.6. The smallest absolute Gasteiger partial charge is 0.221 e. The second-order valence-electron chi connectivity index (χ2n) is 6.49. The van der Waals surface area contributed by atoms with Crippen LogP contribution in [-0.2, 0) is 11.2 Å². The van der Waals surface area contributed by atoms with E-state index in [1.807, 2.05) is 30.3 Å². The number of aryl methyl sites for hydroxylation is 1. The molecule has 3 N–H and O–H groups in total. The molecular formula is C20H24N2O. The molecule has 0 spiro atoms. The number of hydrogen-bond donors (Lipinski definition) is 2. The molecule has 1 aliphatic rings. The van der Waals surface area contributed by atoms with Gasteiger partial charge in [-0.15, -0.1) is 0 Å². The van der Waals surface area contributed by atoms with Crippen molar-refractivity contribution in [2.45, 2.75) is 44.6 Å². The van der Waals surface area contributed by atoms with Crippen molar-refractivity contribution in [2.75, 3.05) is 5.73 Å². The summed E-state index contributed by atoms with van der Waals surface area (Å²) < 4.78 is 0. The molecule has 0 radical (unpaired) electrons. The molecule has 3 rings (SSSR count). The molecule has 0 aliphatic heterocycles. The van der Waals surface area contributed by atoms with E-state index in [4.69, 9.17) is 5.73 Å². The van der Waals surface area contributed by atoms with Gasteiger partial charge in [0.1, 0.15) is 0 Å². The maximum Gasteiger partial charge on any atom is 0.221 e. The normalized spacial score (nSPS) is 18.0. The summed E-state index contributed by atoms with van der Waals surface area (Å²) in [7, 11) is 0. The summed E-state index contributed by atoms with van der Waals surface area (Å²) >= 11 is 0. The highest BCUT2D eigenvalue weighted by Crippen LogP contribution is 2.31. The molecular weight excluding hydrogens is 284 g/mol. The van der Waals surface area contributed by atoms with Gasteiger partial charge in [-0.05, 0) is 54.0 Å². The third kappa shape index (κ3) is 3.73. The minimum Gasteiger partial charge on any atom is -0.399 e. The van der Waals surface area contributed by atoms with Crippen LogP contribution in [0.5, 0.6) is 0 Å². The zero-order chi connectivity index (χ0) is 16.2. The number of hydrogen-bond acceptors (Lipinski definition) is 2. The summed E-state index contributed by atoms with van der Waals surface area (Å²) in [6.45, 7) is 2.10. The van der Waals surface area contributed by atoms with E-state index in [1.165, 1.54) is 16.7 Å². The predicted octanol–water partition coefficient (Wildman–Crippen LogP) is 3.96. The Labute approximate surface area is 137 Å². The number of carbonyl (C=O) groups excluding carboxylic acids is 1. The molecule has 2 aromatic carbocycles. The molecule has 3 nitrogen and oxygen atoms in total. The lowest BCUT2D eigenvalue weighted by Gasteiger charge is -2.27. The monoisotopic (exact) mass is 308 g/mol. The third-order valence-corrected chi connectivity index (χ3v) is 4.68. The molecule has 0 fully saturated rings. The Morgan fingerprint density at radius 3 is 2.83 bits per heavy atom. The van der Waals surface area contributed by atoms with Gasteiger partial charge in [0.2, 0.25) is 5.91 Å². The molecule has 120 valence electrons. The second kappa shape index (κ2) is 6.86. The number of benzene rings is 2. The van der Waals surface area contributed by atoms with Crippen LogP contribution in [0.25, 0.3) is 0 Å². The van der Waals surface area contributed by atoms with Gasteiger partial charge in [0.25, 0.3) is 0 Å². The summed E-state index contributed by atoms with van der Waals surface area (Å²) in [5.41, 5.74) is 10.4. The molecule has 1 amide bonds. The van der Waals surface area contributed by atoms with Crippen LogP contribution >= 0.6 is 0 Å². The fourth-order valence-electron chi connectivity index (χ4n) is 3.41. The molecule has 3 heteroatoms. The Bertz CT molecular complexity index is 681. The van der Waals surface area contributed by atoms with Crippen molar-refractivity contribution in [2.24, 2.45) is 0 Å².